The Morgan fingerprint density at radius 2 is 2.00 bits per heavy atom. The van der Waals surface area contributed by atoms with Crippen molar-refractivity contribution in [2.75, 3.05) is 0 Å². The summed E-state index contributed by atoms with van der Waals surface area (Å²) in [6.45, 7) is 5.58. The first-order chi connectivity index (χ1) is 12.9. The van der Waals surface area contributed by atoms with Gasteiger partial charge in [-0.05, 0) is 56.0 Å². The van der Waals surface area contributed by atoms with Gasteiger partial charge in [-0.2, -0.15) is 5.26 Å². The van der Waals surface area contributed by atoms with Gasteiger partial charge in [0.15, 0.2) is 5.82 Å². The summed E-state index contributed by atoms with van der Waals surface area (Å²) in [5.41, 5.74) is 0.531. The number of carbonyl (C=O) groups is 1. The second-order valence-electron chi connectivity index (χ2n) is 7.63. The number of tetrazole rings is 1. The summed E-state index contributed by atoms with van der Waals surface area (Å²) >= 11 is 0. The zero-order valence-corrected chi connectivity index (χ0v) is 16.2. The summed E-state index contributed by atoms with van der Waals surface area (Å²) < 4.78 is 5.69. The molecule has 0 bridgehead atoms. The van der Waals surface area contributed by atoms with E-state index in [0.717, 1.165) is 18.4 Å². The van der Waals surface area contributed by atoms with Crippen molar-refractivity contribution in [2.24, 2.45) is 5.92 Å². The summed E-state index contributed by atoms with van der Waals surface area (Å²) in [6, 6.07) is 12.1. The molecule has 0 aliphatic carbocycles. The molecule has 0 aliphatic heterocycles. The Balaban J connectivity index is 2.27. The van der Waals surface area contributed by atoms with Crippen molar-refractivity contribution >= 4 is 5.97 Å². The fraction of sp³-hybridized carbons (Fsp3) is 0.550. The van der Waals surface area contributed by atoms with Gasteiger partial charge in [-0.25, -0.2) is 5.10 Å². The Morgan fingerprint density at radius 3 is 2.59 bits per heavy atom. The molecule has 1 aromatic heterocycles. The van der Waals surface area contributed by atoms with Crippen LogP contribution in [-0.4, -0.2) is 32.2 Å². The number of benzene rings is 1. The fourth-order valence-corrected chi connectivity index (χ4v) is 3.05. The van der Waals surface area contributed by atoms with Crippen molar-refractivity contribution in [3.8, 4) is 6.07 Å². The Morgan fingerprint density at radius 1 is 1.26 bits per heavy atom. The van der Waals surface area contributed by atoms with E-state index >= 15 is 0 Å². The molecule has 144 valence electrons. The molecule has 1 N–H and O–H groups in total. The number of aromatic amines is 1. The highest BCUT2D eigenvalue weighted by Crippen LogP contribution is 2.32. The van der Waals surface area contributed by atoms with Gasteiger partial charge in [0.25, 0.3) is 0 Å². The van der Waals surface area contributed by atoms with Gasteiger partial charge in [0.1, 0.15) is 5.60 Å². The van der Waals surface area contributed by atoms with Crippen LogP contribution >= 0.6 is 0 Å². The molecule has 0 saturated heterocycles. The highest BCUT2D eigenvalue weighted by Gasteiger charge is 2.35. The highest BCUT2D eigenvalue weighted by molar-refractivity contribution is 5.74. The largest absolute Gasteiger partial charge is 0.460 e. The monoisotopic (exact) mass is 369 g/mol. The molecule has 0 spiro atoms. The lowest BCUT2D eigenvalue weighted by Gasteiger charge is -2.28. The van der Waals surface area contributed by atoms with E-state index in [1.54, 1.807) is 0 Å². The normalized spacial score (nSPS) is 13.6. The molecule has 7 heteroatoms. The van der Waals surface area contributed by atoms with Gasteiger partial charge in [0.05, 0.1) is 12.0 Å². The number of H-pyrrole nitrogens is 1. The number of unbranched alkanes of at least 4 members (excludes halogenated alkanes) is 2. The SMILES string of the molecule is CC(C)(C)OC(=O)C(CCCCC#N)[C@H](Cc1ccccc1)c1nnn[nH]1. The number of nitriles is 1. The zero-order valence-electron chi connectivity index (χ0n) is 16.2. The maximum atomic E-state index is 13.0. The van der Waals surface area contributed by atoms with Crippen LogP contribution in [0.3, 0.4) is 0 Å². The fourth-order valence-electron chi connectivity index (χ4n) is 3.05. The van der Waals surface area contributed by atoms with Crippen molar-refractivity contribution in [2.45, 2.75) is 64.4 Å². The Hall–Kier alpha value is -2.75. The third-order valence-electron chi connectivity index (χ3n) is 4.26. The minimum absolute atomic E-state index is 0.223. The average Bonchev–Trinajstić information content (AvgIpc) is 3.14. The summed E-state index contributed by atoms with van der Waals surface area (Å²) in [6.07, 6.45) is 3.25. The van der Waals surface area contributed by atoms with Crippen LogP contribution in [0.5, 0.6) is 0 Å². The van der Waals surface area contributed by atoms with Crippen LogP contribution in [0.25, 0.3) is 0 Å². The Bertz CT molecular complexity index is 732. The minimum Gasteiger partial charge on any atom is -0.460 e. The first-order valence-corrected chi connectivity index (χ1v) is 9.28. The lowest BCUT2D eigenvalue weighted by atomic mass is 9.82. The number of nitrogens with one attached hydrogen (secondary N) is 1. The number of hydrogen-bond donors (Lipinski definition) is 1. The predicted molar refractivity (Wildman–Crippen MR) is 100 cm³/mol. The lowest BCUT2D eigenvalue weighted by Crippen LogP contribution is -2.33. The van der Waals surface area contributed by atoms with Crippen LogP contribution in [0, 0.1) is 17.2 Å². The second-order valence-corrected chi connectivity index (χ2v) is 7.63. The lowest BCUT2D eigenvalue weighted by molar-refractivity contribution is -0.161. The number of hydrogen-bond acceptors (Lipinski definition) is 6. The molecule has 0 amide bonds. The van der Waals surface area contributed by atoms with Gasteiger partial charge in [-0.15, -0.1) is 5.10 Å². The maximum Gasteiger partial charge on any atom is 0.310 e. The van der Waals surface area contributed by atoms with Gasteiger partial charge >= 0.3 is 5.97 Å². The predicted octanol–water partition coefficient (Wildman–Crippen LogP) is 3.57. The maximum absolute atomic E-state index is 13.0. The van der Waals surface area contributed by atoms with Gasteiger partial charge in [-0.1, -0.05) is 36.8 Å². The van der Waals surface area contributed by atoms with Crippen molar-refractivity contribution in [3.63, 3.8) is 0 Å². The van der Waals surface area contributed by atoms with E-state index < -0.39 is 11.5 Å². The number of nitrogens with zero attached hydrogens (tertiary/aromatic N) is 4. The summed E-state index contributed by atoms with van der Waals surface area (Å²) in [4.78, 5) is 13.0. The number of rotatable bonds is 9. The molecule has 0 saturated carbocycles. The first-order valence-electron chi connectivity index (χ1n) is 9.28. The third kappa shape index (κ3) is 6.81. The number of esters is 1. The van der Waals surface area contributed by atoms with Crippen LogP contribution < -0.4 is 0 Å². The molecule has 1 aromatic carbocycles. The van der Waals surface area contributed by atoms with Gasteiger partial charge < -0.3 is 4.74 Å². The molecule has 1 heterocycles. The number of carbonyl (C=O) groups excluding carboxylic acids is 1. The average molecular weight is 369 g/mol. The molecule has 2 aromatic rings. The van der Waals surface area contributed by atoms with Crippen LogP contribution in [0.1, 0.15) is 63.8 Å². The van der Waals surface area contributed by atoms with E-state index in [9.17, 15) is 4.79 Å². The molecule has 1 unspecified atom stereocenters. The second kappa shape index (κ2) is 9.81. The topological polar surface area (TPSA) is 105 Å². The molecular formula is C20H27N5O2. The van der Waals surface area contributed by atoms with Crippen LogP contribution in [0.4, 0.5) is 0 Å². The molecule has 0 aliphatic rings. The Labute approximate surface area is 160 Å². The number of ether oxygens (including phenoxy) is 1. The van der Waals surface area contributed by atoms with Crippen molar-refractivity contribution in [1.82, 2.24) is 20.6 Å². The van der Waals surface area contributed by atoms with E-state index in [1.807, 2.05) is 51.1 Å². The van der Waals surface area contributed by atoms with E-state index in [-0.39, 0.29) is 11.9 Å². The summed E-state index contributed by atoms with van der Waals surface area (Å²) in [5.74, 6) is -0.288. The van der Waals surface area contributed by atoms with Crippen molar-refractivity contribution in [3.05, 3.63) is 41.7 Å². The van der Waals surface area contributed by atoms with Gasteiger partial charge in [0.2, 0.25) is 0 Å². The van der Waals surface area contributed by atoms with Gasteiger partial charge in [-0.3, -0.25) is 4.79 Å². The quantitative estimate of drug-likeness (QED) is 0.535. The minimum atomic E-state index is -0.570. The van der Waals surface area contributed by atoms with E-state index in [1.165, 1.54) is 0 Å². The van der Waals surface area contributed by atoms with Crippen molar-refractivity contribution < 1.29 is 9.53 Å². The van der Waals surface area contributed by atoms with E-state index in [4.69, 9.17) is 10.00 Å². The van der Waals surface area contributed by atoms with Crippen LogP contribution in [-0.2, 0) is 16.0 Å². The van der Waals surface area contributed by atoms with E-state index in [0.29, 0.717) is 25.1 Å². The summed E-state index contributed by atoms with van der Waals surface area (Å²) in [7, 11) is 0. The molecule has 7 nitrogen and oxygen atoms in total. The summed E-state index contributed by atoms with van der Waals surface area (Å²) in [5, 5.41) is 23.1. The van der Waals surface area contributed by atoms with E-state index in [2.05, 4.69) is 26.7 Å². The molecule has 0 radical (unpaired) electrons. The van der Waals surface area contributed by atoms with Crippen LogP contribution in [0.15, 0.2) is 30.3 Å². The number of aromatic nitrogens is 4. The standard InChI is InChI=1S/C20H27N5O2/c1-20(2,3)27-19(26)16(12-8-5-9-13-21)17(18-22-24-25-23-18)14-15-10-6-4-7-11-15/h4,6-7,10-11,16-17H,5,8-9,12,14H2,1-3H3,(H,22,23,24,25)/t16?,17-/m0/s1. The molecule has 0 fully saturated rings. The zero-order chi connectivity index (χ0) is 19.7. The molecular weight excluding hydrogens is 342 g/mol. The third-order valence-corrected chi connectivity index (χ3v) is 4.26. The highest BCUT2D eigenvalue weighted by atomic mass is 16.6. The molecule has 27 heavy (non-hydrogen) atoms. The van der Waals surface area contributed by atoms with Gasteiger partial charge in [0, 0.05) is 12.3 Å². The smallest absolute Gasteiger partial charge is 0.310 e. The molecule has 2 rings (SSSR count). The van der Waals surface area contributed by atoms with Crippen molar-refractivity contribution in [1.29, 1.82) is 5.26 Å². The van der Waals surface area contributed by atoms with Crippen LogP contribution in [0.2, 0.25) is 0 Å². The molecule has 2 atom stereocenters. The Kier molecular flexibility index (Phi) is 7.47. The first kappa shape index (κ1) is 20.6.